The van der Waals surface area contributed by atoms with Crippen LogP contribution in [0, 0.1) is 0 Å². The van der Waals surface area contributed by atoms with E-state index in [1.165, 1.54) is 5.69 Å². The van der Waals surface area contributed by atoms with Gasteiger partial charge < -0.3 is 9.32 Å². The van der Waals surface area contributed by atoms with Crippen LogP contribution in [0.3, 0.4) is 0 Å². The molecule has 2 aromatic heterocycles. The topological polar surface area (TPSA) is 54.5 Å². The van der Waals surface area contributed by atoms with Crippen LogP contribution in [0.1, 0.15) is 40.9 Å². The predicted molar refractivity (Wildman–Crippen MR) is 110 cm³/mol. The lowest BCUT2D eigenvalue weighted by Gasteiger charge is -2.33. The molecule has 0 radical (unpaired) electrons. The van der Waals surface area contributed by atoms with Crippen LogP contribution in [0.5, 0.6) is 0 Å². The highest BCUT2D eigenvalue weighted by Gasteiger charge is 2.32. The van der Waals surface area contributed by atoms with E-state index in [1.54, 1.807) is 18.2 Å². The Morgan fingerprint density at radius 2 is 2.14 bits per heavy atom. The van der Waals surface area contributed by atoms with Crippen LogP contribution in [0.2, 0.25) is 0 Å². The van der Waals surface area contributed by atoms with Crippen molar-refractivity contribution in [2.75, 3.05) is 20.1 Å². The van der Waals surface area contributed by atoms with Crippen molar-refractivity contribution in [1.82, 2.24) is 19.6 Å². The predicted octanol–water partition coefficient (Wildman–Crippen LogP) is 3.30. The Hall–Kier alpha value is -2.60. The van der Waals surface area contributed by atoms with Gasteiger partial charge in [-0.15, -0.1) is 13.2 Å². The van der Waals surface area contributed by atoms with E-state index in [4.69, 9.17) is 4.42 Å². The average molecular weight is 383 g/mol. The summed E-state index contributed by atoms with van der Waals surface area (Å²) in [6, 6.07) is 4.07. The number of carbonyl (C=O) groups is 1. The molecule has 1 aliphatic rings. The number of hydrogen-bond acceptors (Lipinski definition) is 4. The number of hydrogen-bond donors (Lipinski definition) is 0. The zero-order valence-electron chi connectivity index (χ0n) is 16.9. The Morgan fingerprint density at radius 1 is 1.39 bits per heavy atom. The Balaban J connectivity index is 1.85. The first-order valence-electron chi connectivity index (χ1n) is 9.91. The van der Waals surface area contributed by atoms with Gasteiger partial charge in [0.2, 0.25) is 0 Å². The molecule has 2 aromatic rings. The Kier molecular flexibility index (Phi) is 6.52. The third kappa shape index (κ3) is 4.12. The van der Waals surface area contributed by atoms with E-state index in [9.17, 15) is 4.79 Å². The van der Waals surface area contributed by atoms with Crippen LogP contribution in [-0.4, -0.2) is 51.7 Å². The summed E-state index contributed by atoms with van der Waals surface area (Å²) in [4.78, 5) is 17.2. The van der Waals surface area contributed by atoms with Gasteiger partial charge in [-0.05, 0) is 38.3 Å². The molecule has 150 valence electrons. The number of carbonyl (C=O) groups excluding carboxylic acids is 1. The highest BCUT2D eigenvalue weighted by Crippen LogP contribution is 2.28. The van der Waals surface area contributed by atoms with E-state index in [2.05, 4.69) is 30.1 Å². The number of amides is 1. The second kappa shape index (κ2) is 9.06. The molecule has 0 fully saturated rings. The van der Waals surface area contributed by atoms with Crippen molar-refractivity contribution in [1.29, 1.82) is 0 Å². The minimum atomic E-state index is -0.0560. The fourth-order valence-electron chi connectivity index (χ4n) is 4.01. The van der Waals surface area contributed by atoms with Crippen LogP contribution in [0.15, 0.2) is 48.1 Å². The van der Waals surface area contributed by atoms with Crippen LogP contribution >= 0.6 is 0 Å². The third-order valence-electron chi connectivity index (χ3n) is 5.39. The van der Waals surface area contributed by atoms with E-state index in [1.807, 2.05) is 29.0 Å². The lowest BCUT2D eigenvalue weighted by molar-refractivity contribution is 0.0767. The number of aromatic nitrogens is 2. The van der Waals surface area contributed by atoms with E-state index in [0.29, 0.717) is 18.3 Å². The van der Waals surface area contributed by atoms with Gasteiger partial charge in [-0.2, -0.15) is 5.10 Å². The molecule has 0 aliphatic heterocycles. The molecule has 1 atom stereocenters. The maximum Gasteiger partial charge on any atom is 0.274 e. The van der Waals surface area contributed by atoms with E-state index < -0.39 is 0 Å². The van der Waals surface area contributed by atoms with Crippen LogP contribution in [0.25, 0.3) is 0 Å². The van der Waals surface area contributed by atoms with Crippen molar-refractivity contribution >= 4 is 5.91 Å². The summed E-state index contributed by atoms with van der Waals surface area (Å²) < 4.78 is 7.38. The molecule has 0 saturated carbocycles. The second-order valence-corrected chi connectivity index (χ2v) is 7.26. The Morgan fingerprint density at radius 3 is 2.75 bits per heavy atom. The number of nitrogens with zero attached hydrogens (tertiary/aromatic N) is 4. The first-order valence-corrected chi connectivity index (χ1v) is 9.91. The molecule has 1 unspecified atom stereocenters. The highest BCUT2D eigenvalue weighted by atomic mass is 16.3. The first-order chi connectivity index (χ1) is 13.6. The van der Waals surface area contributed by atoms with Gasteiger partial charge in [0.1, 0.15) is 5.76 Å². The number of rotatable bonds is 9. The zero-order valence-corrected chi connectivity index (χ0v) is 16.9. The van der Waals surface area contributed by atoms with E-state index in [-0.39, 0.29) is 5.91 Å². The van der Waals surface area contributed by atoms with Crippen molar-refractivity contribution in [3.8, 4) is 0 Å². The fourth-order valence-corrected chi connectivity index (χ4v) is 4.01. The minimum Gasteiger partial charge on any atom is -0.467 e. The minimum absolute atomic E-state index is 0.0560. The van der Waals surface area contributed by atoms with Crippen molar-refractivity contribution in [3.63, 3.8) is 0 Å². The molecular weight excluding hydrogens is 352 g/mol. The second-order valence-electron chi connectivity index (χ2n) is 7.26. The first kappa shape index (κ1) is 20.1. The Bertz CT molecular complexity index is 812. The van der Waals surface area contributed by atoms with Gasteiger partial charge in [-0.25, -0.2) is 0 Å². The molecule has 0 N–H and O–H groups in total. The molecule has 6 heteroatoms. The van der Waals surface area contributed by atoms with E-state index in [0.717, 1.165) is 50.2 Å². The lowest BCUT2D eigenvalue weighted by atomic mass is 9.90. The summed E-state index contributed by atoms with van der Waals surface area (Å²) >= 11 is 0. The number of aryl methyl sites for hydroxylation is 1. The summed E-state index contributed by atoms with van der Waals surface area (Å²) in [5.41, 5.74) is 2.87. The van der Waals surface area contributed by atoms with Gasteiger partial charge in [0.15, 0.2) is 5.69 Å². The SMILES string of the molecule is C=CCN(CC=C)C1CCc2c(c(C(=O)N(C)Cc3ccco3)nn2CC)C1. The monoisotopic (exact) mass is 382 g/mol. The largest absolute Gasteiger partial charge is 0.467 e. The van der Waals surface area contributed by atoms with Crippen molar-refractivity contribution in [2.45, 2.75) is 45.3 Å². The molecule has 0 saturated heterocycles. The van der Waals surface area contributed by atoms with Gasteiger partial charge in [0.25, 0.3) is 5.91 Å². The summed E-state index contributed by atoms with van der Waals surface area (Å²) in [5.74, 6) is 0.708. The standard InChI is InChI=1S/C22H30N4O2/c1-5-12-25(13-6-2)17-10-11-20-19(15-17)21(23-26(20)7-3)22(27)24(4)16-18-9-8-14-28-18/h5-6,8-9,14,17H,1-2,7,10-13,15-16H2,3-4H3. The van der Waals surface area contributed by atoms with E-state index >= 15 is 0 Å². The molecule has 1 amide bonds. The summed E-state index contributed by atoms with van der Waals surface area (Å²) in [6.07, 6.45) is 8.29. The quantitative estimate of drug-likeness (QED) is 0.625. The molecule has 0 bridgehead atoms. The summed E-state index contributed by atoms with van der Waals surface area (Å²) in [5, 5.41) is 4.68. The molecule has 28 heavy (non-hydrogen) atoms. The molecule has 1 aliphatic carbocycles. The van der Waals surface area contributed by atoms with Gasteiger partial charge in [-0.1, -0.05) is 12.2 Å². The molecule has 6 nitrogen and oxygen atoms in total. The average Bonchev–Trinajstić information content (AvgIpc) is 3.34. The van der Waals surface area contributed by atoms with Crippen LogP contribution < -0.4 is 0 Å². The zero-order chi connectivity index (χ0) is 20.1. The fraction of sp³-hybridized carbons (Fsp3) is 0.455. The van der Waals surface area contributed by atoms with Crippen molar-refractivity contribution in [2.24, 2.45) is 0 Å². The van der Waals surface area contributed by atoms with Gasteiger partial charge in [-0.3, -0.25) is 14.4 Å². The van der Waals surface area contributed by atoms with Crippen molar-refractivity contribution in [3.05, 3.63) is 66.4 Å². The molecular formula is C22H30N4O2. The maximum absolute atomic E-state index is 13.2. The summed E-state index contributed by atoms with van der Waals surface area (Å²) in [6.45, 7) is 12.7. The van der Waals surface area contributed by atoms with Gasteiger partial charge in [0.05, 0.1) is 12.8 Å². The number of fused-ring (bicyclic) bond motifs is 1. The number of furan rings is 1. The van der Waals surface area contributed by atoms with Crippen LogP contribution in [-0.2, 0) is 25.9 Å². The van der Waals surface area contributed by atoms with Crippen LogP contribution in [0.4, 0.5) is 0 Å². The van der Waals surface area contributed by atoms with Gasteiger partial charge in [0, 0.05) is 44.0 Å². The Labute approximate surface area is 167 Å². The smallest absolute Gasteiger partial charge is 0.274 e. The third-order valence-corrected chi connectivity index (χ3v) is 5.39. The molecule has 2 heterocycles. The highest BCUT2D eigenvalue weighted by molar-refractivity contribution is 5.94. The summed E-state index contributed by atoms with van der Waals surface area (Å²) in [7, 11) is 1.80. The molecule has 3 rings (SSSR count). The lowest BCUT2D eigenvalue weighted by Crippen LogP contribution is -2.40. The van der Waals surface area contributed by atoms with Crippen molar-refractivity contribution < 1.29 is 9.21 Å². The molecule has 0 spiro atoms. The molecule has 0 aromatic carbocycles. The maximum atomic E-state index is 13.2. The van der Waals surface area contributed by atoms with Gasteiger partial charge >= 0.3 is 0 Å². The normalized spacial score (nSPS) is 16.0.